The van der Waals surface area contributed by atoms with Gasteiger partial charge in [0, 0.05) is 17.7 Å². The van der Waals surface area contributed by atoms with Crippen molar-refractivity contribution in [2.75, 3.05) is 23.7 Å². The number of benzene rings is 3. The molecule has 194 valence electrons. The number of hydrogen-bond donors (Lipinski definition) is 1. The van der Waals surface area contributed by atoms with Crippen LogP contribution in [0.4, 0.5) is 5.82 Å². The standard InChI is InChI=1S/C31H32N4O2S/c1-4-16-32-26(36)19-34-27(37)20-38-30(24-14-8-10-21(2)17-24)28-29(23-12-6-5-7-13-23)33-35(31(28)34)25-15-9-11-22(3)18-25/h5-15,17-18,30H,4,16,19-20H2,1-3H3,(H,32,36)/t30-/m1/s1. The Labute approximate surface area is 228 Å². The van der Waals surface area contributed by atoms with Crippen LogP contribution >= 0.6 is 11.8 Å². The third kappa shape index (κ3) is 5.24. The van der Waals surface area contributed by atoms with Crippen LogP contribution in [0.5, 0.6) is 0 Å². The van der Waals surface area contributed by atoms with E-state index in [0.29, 0.717) is 12.4 Å². The molecule has 0 saturated carbocycles. The Morgan fingerprint density at radius 2 is 1.74 bits per heavy atom. The molecule has 0 bridgehead atoms. The second-order valence-corrected chi connectivity index (χ2v) is 10.7. The number of thioether (sulfide) groups is 1. The molecule has 1 aliphatic heterocycles. The van der Waals surface area contributed by atoms with E-state index >= 15 is 0 Å². The number of carbonyl (C=O) groups is 2. The average molecular weight is 525 g/mol. The summed E-state index contributed by atoms with van der Waals surface area (Å²) in [6.07, 6.45) is 0.829. The molecule has 0 unspecified atom stereocenters. The number of fused-ring (bicyclic) bond motifs is 1. The Morgan fingerprint density at radius 3 is 2.45 bits per heavy atom. The molecule has 2 amide bonds. The molecule has 0 aliphatic carbocycles. The molecule has 7 heteroatoms. The molecule has 38 heavy (non-hydrogen) atoms. The van der Waals surface area contributed by atoms with Crippen molar-refractivity contribution < 1.29 is 9.59 Å². The first-order valence-electron chi connectivity index (χ1n) is 13.0. The van der Waals surface area contributed by atoms with Gasteiger partial charge in [-0.05, 0) is 43.5 Å². The van der Waals surface area contributed by atoms with Gasteiger partial charge in [-0.3, -0.25) is 14.5 Å². The highest BCUT2D eigenvalue weighted by molar-refractivity contribution is 8.00. The van der Waals surface area contributed by atoms with Crippen LogP contribution in [0.3, 0.4) is 0 Å². The summed E-state index contributed by atoms with van der Waals surface area (Å²) in [5.41, 5.74) is 6.94. The van der Waals surface area contributed by atoms with Crippen LogP contribution in [0, 0.1) is 13.8 Å². The van der Waals surface area contributed by atoms with Gasteiger partial charge >= 0.3 is 0 Å². The number of hydrogen-bond acceptors (Lipinski definition) is 4. The molecule has 5 rings (SSSR count). The van der Waals surface area contributed by atoms with Crippen molar-refractivity contribution >= 4 is 29.4 Å². The van der Waals surface area contributed by atoms with Crippen molar-refractivity contribution in [1.29, 1.82) is 0 Å². The molecular formula is C31H32N4O2S. The number of carbonyl (C=O) groups excluding carboxylic acids is 2. The first-order chi connectivity index (χ1) is 18.5. The molecule has 6 nitrogen and oxygen atoms in total. The van der Waals surface area contributed by atoms with Crippen LogP contribution in [0.1, 0.15) is 40.8 Å². The Kier molecular flexibility index (Phi) is 7.65. The van der Waals surface area contributed by atoms with E-state index in [9.17, 15) is 9.59 Å². The molecule has 1 atom stereocenters. The van der Waals surface area contributed by atoms with Gasteiger partial charge in [-0.25, -0.2) is 4.68 Å². The van der Waals surface area contributed by atoms with Crippen molar-refractivity contribution in [3.63, 3.8) is 0 Å². The summed E-state index contributed by atoms with van der Waals surface area (Å²) in [6.45, 7) is 6.64. The zero-order chi connectivity index (χ0) is 26.6. The van der Waals surface area contributed by atoms with Crippen molar-refractivity contribution in [2.24, 2.45) is 0 Å². The minimum absolute atomic E-state index is 0.0569. The lowest BCUT2D eigenvalue weighted by Crippen LogP contribution is -2.42. The highest BCUT2D eigenvalue weighted by Crippen LogP contribution is 2.48. The van der Waals surface area contributed by atoms with E-state index in [-0.39, 0.29) is 29.4 Å². The van der Waals surface area contributed by atoms with Crippen molar-refractivity contribution in [2.45, 2.75) is 32.4 Å². The van der Waals surface area contributed by atoms with Gasteiger partial charge < -0.3 is 5.32 Å². The second-order valence-electron chi connectivity index (χ2n) is 9.64. The SMILES string of the molecule is CCCNC(=O)CN1C(=O)CS[C@H](c2cccc(C)c2)c2c(-c3ccccc3)nn(-c3cccc(C)c3)c21. The highest BCUT2D eigenvalue weighted by atomic mass is 32.2. The Balaban J connectivity index is 1.79. The van der Waals surface area contributed by atoms with E-state index in [1.165, 1.54) is 0 Å². The fourth-order valence-corrected chi connectivity index (χ4v) is 6.02. The van der Waals surface area contributed by atoms with E-state index in [1.54, 1.807) is 16.7 Å². The molecule has 0 fully saturated rings. The van der Waals surface area contributed by atoms with Gasteiger partial charge in [0.2, 0.25) is 11.8 Å². The van der Waals surface area contributed by atoms with Crippen LogP contribution < -0.4 is 10.2 Å². The van der Waals surface area contributed by atoms with Gasteiger partial charge in [0.05, 0.1) is 22.4 Å². The normalized spacial score (nSPS) is 15.2. The number of amides is 2. The van der Waals surface area contributed by atoms with Crippen LogP contribution in [0.25, 0.3) is 16.9 Å². The topological polar surface area (TPSA) is 67.2 Å². The van der Waals surface area contributed by atoms with Crippen LogP contribution in [0.2, 0.25) is 0 Å². The van der Waals surface area contributed by atoms with Gasteiger partial charge in [0.25, 0.3) is 0 Å². The molecule has 1 aromatic heterocycles. The number of aryl methyl sites for hydroxylation is 2. The Hall–Kier alpha value is -3.84. The molecule has 4 aromatic rings. The first-order valence-corrected chi connectivity index (χ1v) is 14.0. The van der Waals surface area contributed by atoms with Crippen molar-refractivity contribution in [3.8, 4) is 16.9 Å². The van der Waals surface area contributed by atoms with Crippen LogP contribution in [0.15, 0.2) is 78.9 Å². The predicted octanol–water partition coefficient (Wildman–Crippen LogP) is 5.85. The van der Waals surface area contributed by atoms with Crippen LogP contribution in [-0.4, -0.2) is 40.4 Å². The summed E-state index contributed by atoms with van der Waals surface area (Å²) >= 11 is 1.59. The monoisotopic (exact) mass is 524 g/mol. The maximum absolute atomic E-state index is 13.7. The fraction of sp³-hybridized carbons (Fsp3) is 0.258. The van der Waals surface area contributed by atoms with Gasteiger partial charge in [-0.15, -0.1) is 11.8 Å². The van der Waals surface area contributed by atoms with Gasteiger partial charge in [-0.2, -0.15) is 5.10 Å². The summed E-state index contributed by atoms with van der Waals surface area (Å²) in [5, 5.41) is 7.95. The summed E-state index contributed by atoms with van der Waals surface area (Å²) in [6, 6.07) is 26.6. The van der Waals surface area contributed by atoms with Crippen molar-refractivity contribution in [1.82, 2.24) is 15.1 Å². The maximum Gasteiger partial charge on any atom is 0.240 e. The lowest BCUT2D eigenvalue weighted by atomic mass is 9.98. The van der Waals surface area contributed by atoms with E-state index < -0.39 is 0 Å². The largest absolute Gasteiger partial charge is 0.355 e. The lowest BCUT2D eigenvalue weighted by Gasteiger charge is -2.23. The maximum atomic E-state index is 13.7. The molecule has 2 heterocycles. The third-order valence-electron chi connectivity index (χ3n) is 6.60. The van der Waals surface area contributed by atoms with Gasteiger partial charge in [0.1, 0.15) is 12.4 Å². The molecule has 0 radical (unpaired) electrons. The zero-order valence-corrected chi connectivity index (χ0v) is 22.8. The fourth-order valence-electron chi connectivity index (χ4n) is 4.83. The van der Waals surface area contributed by atoms with E-state index in [0.717, 1.165) is 45.6 Å². The zero-order valence-electron chi connectivity index (χ0n) is 22.0. The molecule has 1 N–H and O–H groups in total. The van der Waals surface area contributed by atoms with Crippen LogP contribution in [-0.2, 0) is 9.59 Å². The second kappa shape index (κ2) is 11.3. The molecule has 3 aromatic carbocycles. The number of aromatic nitrogens is 2. The van der Waals surface area contributed by atoms with Crippen molar-refractivity contribution in [3.05, 3.63) is 101 Å². The predicted molar refractivity (Wildman–Crippen MR) is 155 cm³/mol. The smallest absolute Gasteiger partial charge is 0.240 e. The summed E-state index contributed by atoms with van der Waals surface area (Å²) in [5.74, 6) is 0.633. The molecule has 0 saturated heterocycles. The first kappa shape index (κ1) is 25.8. The Morgan fingerprint density at radius 1 is 1.00 bits per heavy atom. The summed E-state index contributed by atoms with van der Waals surface area (Å²) in [7, 11) is 0. The number of nitrogens with zero attached hydrogens (tertiary/aromatic N) is 3. The van der Waals surface area contributed by atoms with E-state index in [1.807, 2.05) is 67.1 Å². The summed E-state index contributed by atoms with van der Waals surface area (Å²) < 4.78 is 1.85. The average Bonchev–Trinajstić information content (AvgIpc) is 3.25. The van der Waals surface area contributed by atoms with Gasteiger partial charge in [-0.1, -0.05) is 79.2 Å². The van der Waals surface area contributed by atoms with E-state index in [4.69, 9.17) is 5.10 Å². The molecule has 1 aliphatic rings. The lowest BCUT2D eigenvalue weighted by molar-refractivity contribution is -0.122. The van der Waals surface area contributed by atoms with Gasteiger partial charge in [0.15, 0.2) is 0 Å². The Bertz CT molecular complexity index is 1460. The third-order valence-corrected chi connectivity index (χ3v) is 7.86. The quantitative estimate of drug-likeness (QED) is 0.329. The minimum Gasteiger partial charge on any atom is -0.355 e. The highest BCUT2D eigenvalue weighted by Gasteiger charge is 2.37. The molecule has 0 spiro atoms. The minimum atomic E-state index is -0.177. The number of anilines is 1. The van der Waals surface area contributed by atoms with E-state index in [2.05, 4.69) is 42.6 Å². The molecular weight excluding hydrogens is 492 g/mol. The summed E-state index contributed by atoms with van der Waals surface area (Å²) in [4.78, 5) is 28.3. The number of nitrogens with one attached hydrogen (secondary N) is 1. The number of rotatable bonds is 7.